The van der Waals surface area contributed by atoms with Gasteiger partial charge in [0.1, 0.15) is 0 Å². The van der Waals surface area contributed by atoms with Crippen LogP contribution in [0.25, 0.3) is 122 Å². The van der Waals surface area contributed by atoms with Gasteiger partial charge in [-0.25, -0.2) is 4.98 Å². The van der Waals surface area contributed by atoms with E-state index in [1.807, 2.05) is 0 Å². The summed E-state index contributed by atoms with van der Waals surface area (Å²) in [7, 11) is 0. The maximum absolute atomic E-state index is 5.43. The Morgan fingerprint density at radius 1 is 0.266 bits per heavy atom. The molecule has 5 heteroatoms. The average molecular weight is 816 g/mol. The standard InChI is InChI=1S/C59H37N5/c1-2-15-38(16-3-1)42-32-34-50-49-23-6-10-25-52(49)63(56(50)37-42)55-28-13-9-24-51(55)58-60-57(61-59(62-58)64-53-26-11-7-21-47(53)48-22-8-12-27-54(48)64)44-19-14-18-40(36-44)41-31-33-46-43(35-41)30-29-39-17-4-5-20-45(39)46/h1-37H. The highest BCUT2D eigenvalue weighted by Gasteiger charge is 2.22. The smallest absolute Gasteiger partial charge is 0.238 e. The van der Waals surface area contributed by atoms with Crippen LogP contribution in [-0.4, -0.2) is 24.1 Å². The Bertz CT molecular complexity index is 3920. The summed E-state index contributed by atoms with van der Waals surface area (Å²) < 4.78 is 4.56. The number of para-hydroxylation sites is 4. The van der Waals surface area contributed by atoms with E-state index < -0.39 is 0 Å². The van der Waals surface area contributed by atoms with Crippen molar-refractivity contribution in [3.63, 3.8) is 0 Å². The molecule has 0 aliphatic rings. The lowest BCUT2D eigenvalue weighted by atomic mass is 9.96. The van der Waals surface area contributed by atoms with Crippen LogP contribution in [0.1, 0.15) is 0 Å². The molecule has 0 amide bonds. The minimum absolute atomic E-state index is 0.559. The molecule has 0 atom stereocenters. The van der Waals surface area contributed by atoms with E-state index in [-0.39, 0.29) is 0 Å². The molecule has 0 aliphatic heterocycles. The van der Waals surface area contributed by atoms with Crippen molar-refractivity contribution in [3.8, 4) is 56.7 Å². The first-order chi connectivity index (χ1) is 31.7. The fourth-order valence-corrected chi connectivity index (χ4v) is 9.78. The number of benzene rings is 10. The van der Waals surface area contributed by atoms with E-state index in [9.17, 15) is 0 Å². The highest BCUT2D eigenvalue weighted by Crippen LogP contribution is 2.39. The second-order valence-corrected chi connectivity index (χ2v) is 16.4. The zero-order valence-electron chi connectivity index (χ0n) is 34.6. The van der Waals surface area contributed by atoms with Gasteiger partial charge in [0.15, 0.2) is 11.6 Å². The third-order valence-corrected chi connectivity index (χ3v) is 12.8. The largest absolute Gasteiger partial charge is 0.308 e. The van der Waals surface area contributed by atoms with Crippen molar-refractivity contribution < 1.29 is 0 Å². The Kier molecular flexibility index (Phi) is 8.15. The fourth-order valence-electron chi connectivity index (χ4n) is 9.78. The normalized spacial score (nSPS) is 11.8. The third-order valence-electron chi connectivity index (χ3n) is 12.8. The molecular formula is C59H37N5. The SMILES string of the molecule is c1ccc(-c2ccc3c4ccccc4n(-c4ccccc4-c4nc(-c5cccc(-c6ccc7c(ccc8ccccc87)c6)c5)nc(-n5c6ccccc6c6ccccc65)n4)c3c2)cc1. The lowest BCUT2D eigenvalue weighted by Gasteiger charge is -2.16. The van der Waals surface area contributed by atoms with Gasteiger partial charge in [-0.1, -0.05) is 176 Å². The predicted octanol–water partition coefficient (Wildman–Crippen LogP) is 15.0. The van der Waals surface area contributed by atoms with Gasteiger partial charge in [0.05, 0.1) is 27.8 Å². The van der Waals surface area contributed by atoms with Crippen molar-refractivity contribution in [3.05, 3.63) is 224 Å². The van der Waals surface area contributed by atoms with E-state index in [4.69, 9.17) is 15.0 Å². The number of fused-ring (bicyclic) bond motifs is 9. The van der Waals surface area contributed by atoms with E-state index in [0.717, 1.165) is 66.3 Å². The molecule has 13 aromatic rings. The van der Waals surface area contributed by atoms with Crippen LogP contribution in [0.2, 0.25) is 0 Å². The van der Waals surface area contributed by atoms with Crippen molar-refractivity contribution in [2.45, 2.75) is 0 Å². The Morgan fingerprint density at radius 3 is 1.55 bits per heavy atom. The number of hydrogen-bond donors (Lipinski definition) is 0. The van der Waals surface area contributed by atoms with Crippen LogP contribution in [0.5, 0.6) is 0 Å². The Hall–Kier alpha value is -8.67. The van der Waals surface area contributed by atoms with E-state index in [0.29, 0.717) is 17.6 Å². The molecule has 0 radical (unpaired) electrons. The number of rotatable bonds is 6. The maximum Gasteiger partial charge on any atom is 0.238 e. The molecule has 0 spiro atoms. The van der Waals surface area contributed by atoms with Crippen LogP contribution in [0.3, 0.4) is 0 Å². The highest BCUT2D eigenvalue weighted by atomic mass is 15.2. The average Bonchev–Trinajstić information content (AvgIpc) is 3.89. The molecule has 0 saturated heterocycles. The van der Waals surface area contributed by atoms with Gasteiger partial charge in [0.2, 0.25) is 5.95 Å². The summed E-state index contributed by atoms with van der Waals surface area (Å²) in [6.07, 6.45) is 0. The summed E-state index contributed by atoms with van der Waals surface area (Å²) in [5.41, 5.74) is 11.6. The van der Waals surface area contributed by atoms with Crippen LogP contribution in [0.4, 0.5) is 0 Å². The molecule has 3 aromatic heterocycles. The second-order valence-electron chi connectivity index (χ2n) is 16.4. The number of aromatic nitrogens is 5. The number of nitrogens with zero attached hydrogens (tertiary/aromatic N) is 5. The van der Waals surface area contributed by atoms with Crippen molar-refractivity contribution in [2.75, 3.05) is 0 Å². The molecule has 5 nitrogen and oxygen atoms in total. The molecule has 0 fully saturated rings. The monoisotopic (exact) mass is 815 g/mol. The van der Waals surface area contributed by atoms with E-state index >= 15 is 0 Å². The molecule has 0 bridgehead atoms. The van der Waals surface area contributed by atoms with E-state index in [1.54, 1.807) is 0 Å². The van der Waals surface area contributed by atoms with Crippen molar-refractivity contribution in [1.82, 2.24) is 24.1 Å². The van der Waals surface area contributed by atoms with Crippen molar-refractivity contribution in [1.29, 1.82) is 0 Å². The molecule has 0 saturated carbocycles. The van der Waals surface area contributed by atoms with Gasteiger partial charge in [0.25, 0.3) is 0 Å². The summed E-state index contributed by atoms with van der Waals surface area (Å²) in [6, 6.07) is 79.9. The fraction of sp³-hybridized carbons (Fsp3) is 0. The van der Waals surface area contributed by atoms with Gasteiger partial charge in [0, 0.05) is 32.7 Å². The van der Waals surface area contributed by atoms with Crippen LogP contribution in [0, 0.1) is 0 Å². The maximum atomic E-state index is 5.43. The van der Waals surface area contributed by atoms with Gasteiger partial charge >= 0.3 is 0 Å². The number of hydrogen-bond acceptors (Lipinski definition) is 3. The van der Waals surface area contributed by atoms with Gasteiger partial charge in [-0.05, 0) is 92.3 Å². The molecular weight excluding hydrogens is 779 g/mol. The minimum Gasteiger partial charge on any atom is -0.308 e. The molecule has 3 heterocycles. The van der Waals surface area contributed by atoms with E-state index in [2.05, 4.69) is 234 Å². The molecule has 64 heavy (non-hydrogen) atoms. The van der Waals surface area contributed by atoms with Gasteiger partial charge in [-0.15, -0.1) is 0 Å². The van der Waals surface area contributed by atoms with Crippen LogP contribution in [-0.2, 0) is 0 Å². The van der Waals surface area contributed by atoms with Gasteiger partial charge < -0.3 is 4.57 Å². The second kappa shape index (κ2) is 14.5. The zero-order valence-corrected chi connectivity index (χ0v) is 34.6. The van der Waals surface area contributed by atoms with E-state index in [1.165, 1.54) is 37.9 Å². The summed E-state index contributed by atoms with van der Waals surface area (Å²) in [4.78, 5) is 16.2. The molecule has 0 unspecified atom stereocenters. The summed E-state index contributed by atoms with van der Waals surface area (Å²) in [5, 5.41) is 9.61. The topological polar surface area (TPSA) is 48.5 Å². The summed E-state index contributed by atoms with van der Waals surface area (Å²) >= 11 is 0. The van der Waals surface area contributed by atoms with Crippen LogP contribution < -0.4 is 0 Å². The van der Waals surface area contributed by atoms with Gasteiger partial charge in [-0.2, -0.15) is 9.97 Å². The quantitative estimate of drug-likeness (QED) is 0.157. The molecule has 10 aromatic carbocycles. The molecule has 13 rings (SSSR count). The third kappa shape index (κ3) is 5.75. The molecule has 0 N–H and O–H groups in total. The first-order valence-electron chi connectivity index (χ1n) is 21.7. The van der Waals surface area contributed by atoms with Gasteiger partial charge in [-0.3, -0.25) is 4.57 Å². The van der Waals surface area contributed by atoms with Crippen molar-refractivity contribution in [2.24, 2.45) is 0 Å². The van der Waals surface area contributed by atoms with Crippen LogP contribution >= 0.6 is 0 Å². The first kappa shape index (κ1) is 36.0. The minimum atomic E-state index is 0.559. The first-order valence-corrected chi connectivity index (χ1v) is 21.7. The Labute approximate surface area is 368 Å². The molecule has 298 valence electrons. The lowest BCUT2D eigenvalue weighted by molar-refractivity contribution is 0.952. The van der Waals surface area contributed by atoms with Crippen molar-refractivity contribution >= 4 is 65.2 Å². The van der Waals surface area contributed by atoms with Crippen LogP contribution in [0.15, 0.2) is 224 Å². The highest BCUT2D eigenvalue weighted by molar-refractivity contribution is 6.12. The summed E-state index contributed by atoms with van der Waals surface area (Å²) in [6.45, 7) is 0. The lowest BCUT2D eigenvalue weighted by Crippen LogP contribution is -2.07. The predicted molar refractivity (Wildman–Crippen MR) is 265 cm³/mol. The Balaban J connectivity index is 1.04. The Morgan fingerprint density at radius 2 is 0.781 bits per heavy atom. The molecule has 0 aliphatic carbocycles. The summed E-state index contributed by atoms with van der Waals surface area (Å²) in [5.74, 6) is 1.74. The zero-order chi connectivity index (χ0) is 42.1.